The van der Waals surface area contributed by atoms with Gasteiger partial charge in [0.25, 0.3) is 0 Å². The topological polar surface area (TPSA) is 43.1 Å². The Balaban J connectivity index is 2.45. The molecule has 1 aliphatic rings. The van der Waals surface area contributed by atoms with Gasteiger partial charge in [0.2, 0.25) is 0 Å². The lowest BCUT2D eigenvalue weighted by molar-refractivity contribution is -0.126. The molecule has 2 unspecified atom stereocenters. The van der Waals surface area contributed by atoms with Gasteiger partial charge in [-0.25, -0.2) is 0 Å². The van der Waals surface area contributed by atoms with Crippen LogP contribution in [-0.2, 0) is 4.79 Å². The fourth-order valence-corrected chi connectivity index (χ4v) is 2.60. The van der Waals surface area contributed by atoms with Crippen LogP contribution in [0, 0.1) is 17.3 Å². The number of carbonyl (C=O) groups is 1. The number of hydrogen-bond acceptors (Lipinski definition) is 2. The van der Waals surface area contributed by atoms with Crippen molar-refractivity contribution in [3.8, 4) is 0 Å². The van der Waals surface area contributed by atoms with Crippen molar-refractivity contribution in [2.45, 2.75) is 59.3 Å². The number of nitrogens with two attached hydrogens (primary N) is 1. The molecule has 1 rings (SSSR count). The maximum absolute atomic E-state index is 12.2. The van der Waals surface area contributed by atoms with Crippen LogP contribution < -0.4 is 5.73 Å². The summed E-state index contributed by atoms with van der Waals surface area (Å²) in [5.74, 6) is 1.19. The molecule has 2 atom stereocenters. The van der Waals surface area contributed by atoms with E-state index in [1.165, 1.54) is 12.8 Å². The molecule has 0 spiro atoms. The third-order valence-corrected chi connectivity index (χ3v) is 3.75. The van der Waals surface area contributed by atoms with E-state index in [1.807, 2.05) is 0 Å². The molecule has 1 saturated carbocycles. The minimum absolute atomic E-state index is 0.265. The van der Waals surface area contributed by atoms with E-state index >= 15 is 0 Å². The molecule has 16 heavy (non-hydrogen) atoms. The van der Waals surface area contributed by atoms with Crippen LogP contribution in [0.3, 0.4) is 0 Å². The molecule has 2 nitrogen and oxygen atoms in total. The zero-order valence-electron chi connectivity index (χ0n) is 11.1. The quantitative estimate of drug-likeness (QED) is 0.798. The van der Waals surface area contributed by atoms with Crippen molar-refractivity contribution in [1.29, 1.82) is 0 Å². The lowest BCUT2D eigenvalue weighted by Crippen LogP contribution is -2.32. The molecular formula is C14H27NO. The fraction of sp³-hybridized carbons (Fsp3) is 0.929. The Kier molecular flexibility index (Phi) is 4.97. The van der Waals surface area contributed by atoms with Gasteiger partial charge < -0.3 is 5.73 Å². The molecule has 1 aliphatic carbocycles. The van der Waals surface area contributed by atoms with Crippen LogP contribution in [0.25, 0.3) is 0 Å². The molecule has 0 aromatic carbocycles. The van der Waals surface area contributed by atoms with Gasteiger partial charge in [-0.3, -0.25) is 4.79 Å². The van der Waals surface area contributed by atoms with Crippen molar-refractivity contribution in [3.63, 3.8) is 0 Å². The summed E-state index contributed by atoms with van der Waals surface area (Å²) in [5, 5.41) is 0. The van der Waals surface area contributed by atoms with E-state index in [2.05, 4.69) is 20.8 Å². The van der Waals surface area contributed by atoms with E-state index in [1.54, 1.807) is 0 Å². The Morgan fingerprint density at radius 1 is 1.25 bits per heavy atom. The molecule has 0 aromatic heterocycles. The summed E-state index contributed by atoms with van der Waals surface area (Å²) in [4.78, 5) is 12.2. The minimum atomic E-state index is 0.265. The number of rotatable bonds is 4. The zero-order chi connectivity index (χ0) is 12.2. The van der Waals surface area contributed by atoms with Gasteiger partial charge in [0, 0.05) is 12.3 Å². The Bertz CT molecular complexity index is 229. The highest BCUT2D eigenvalue weighted by atomic mass is 16.1. The van der Waals surface area contributed by atoms with E-state index < -0.39 is 0 Å². The van der Waals surface area contributed by atoms with Crippen LogP contribution in [0.1, 0.15) is 59.3 Å². The predicted octanol–water partition coefficient (Wildman–Crippen LogP) is 3.15. The fourth-order valence-electron chi connectivity index (χ4n) is 2.60. The highest BCUT2D eigenvalue weighted by Gasteiger charge is 2.29. The van der Waals surface area contributed by atoms with Gasteiger partial charge in [0.1, 0.15) is 5.78 Å². The first kappa shape index (κ1) is 13.7. The molecule has 0 aliphatic heterocycles. The summed E-state index contributed by atoms with van der Waals surface area (Å²) >= 11 is 0. The number of carbonyl (C=O) groups excluding carboxylic acids is 1. The second-order valence-electron chi connectivity index (χ2n) is 6.41. The van der Waals surface area contributed by atoms with Crippen molar-refractivity contribution in [2.75, 3.05) is 6.54 Å². The summed E-state index contributed by atoms with van der Waals surface area (Å²) in [5.41, 5.74) is 6.03. The smallest absolute Gasteiger partial charge is 0.136 e. The van der Waals surface area contributed by atoms with Crippen LogP contribution in [-0.4, -0.2) is 12.3 Å². The lowest BCUT2D eigenvalue weighted by atomic mass is 9.75. The van der Waals surface area contributed by atoms with Gasteiger partial charge in [-0.2, -0.15) is 0 Å². The monoisotopic (exact) mass is 225 g/mol. The highest BCUT2D eigenvalue weighted by molar-refractivity contribution is 5.81. The molecule has 0 aromatic rings. The molecule has 2 N–H and O–H groups in total. The van der Waals surface area contributed by atoms with E-state index in [-0.39, 0.29) is 11.3 Å². The van der Waals surface area contributed by atoms with Crippen LogP contribution in [0.5, 0.6) is 0 Å². The van der Waals surface area contributed by atoms with Gasteiger partial charge in [0.15, 0.2) is 0 Å². The third kappa shape index (κ3) is 4.25. The molecule has 0 saturated heterocycles. The molecule has 94 valence electrons. The summed E-state index contributed by atoms with van der Waals surface area (Å²) in [6.07, 6.45) is 6.44. The van der Waals surface area contributed by atoms with Gasteiger partial charge in [-0.15, -0.1) is 0 Å². The molecule has 1 fully saturated rings. The van der Waals surface area contributed by atoms with E-state index in [0.717, 1.165) is 25.7 Å². The van der Waals surface area contributed by atoms with Crippen molar-refractivity contribution in [1.82, 2.24) is 0 Å². The maximum Gasteiger partial charge on any atom is 0.136 e. The van der Waals surface area contributed by atoms with Crippen LogP contribution in [0.15, 0.2) is 0 Å². The minimum Gasteiger partial charge on any atom is -0.330 e. The van der Waals surface area contributed by atoms with Gasteiger partial charge >= 0.3 is 0 Å². The highest BCUT2D eigenvalue weighted by Crippen LogP contribution is 2.32. The van der Waals surface area contributed by atoms with E-state index in [4.69, 9.17) is 5.73 Å². The predicted molar refractivity (Wildman–Crippen MR) is 68.2 cm³/mol. The summed E-state index contributed by atoms with van der Waals surface area (Å²) < 4.78 is 0. The second kappa shape index (κ2) is 5.81. The Morgan fingerprint density at radius 2 is 1.88 bits per heavy atom. The Hall–Kier alpha value is -0.370. The van der Waals surface area contributed by atoms with Crippen LogP contribution in [0.2, 0.25) is 0 Å². The Labute approximate surface area is 100.0 Å². The summed E-state index contributed by atoms with van der Waals surface area (Å²) in [7, 11) is 0. The van der Waals surface area contributed by atoms with Crippen LogP contribution >= 0.6 is 0 Å². The molecule has 2 heteroatoms. The number of hydrogen-bond donors (Lipinski definition) is 1. The first-order valence-electron chi connectivity index (χ1n) is 6.67. The molecule has 0 radical (unpaired) electrons. The average molecular weight is 225 g/mol. The van der Waals surface area contributed by atoms with Crippen molar-refractivity contribution in [3.05, 3.63) is 0 Å². The zero-order valence-corrected chi connectivity index (χ0v) is 11.1. The average Bonchev–Trinajstić information content (AvgIpc) is 2.25. The largest absolute Gasteiger partial charge is 0.330 e. The van der Waals surface area contributed by atoms with Gasteiger partial charge in [-0.1, -0.05) is 33.6 Å². The summed E-state index contributed by atoms with van der Waals surface area (Å²) in [6.45, 7) is 7.27. The van der Waals surface area contributed by atoms with Crippen molar-refractivity contribution < 1.29 is 4.79 Å². The lowest BCUT2D eigenvalue weighted by Gasteiger charge is -2.30. The SMILES string of the molecule is CC(C)(C)CCC(=O)C1CCCCC1CN. The first-order chi connectivity index (χ1) is 7.44. The molecular weight excluding hydrogens is 198 g/mol. The molecule has 0 heterocycles. The van der Waals surface area contributed by atoms with Crippen molar-refractivity contribution >= 4 is 5.78 Å². The van der Waals surface area contributed by atoms with Crippen molar-refractivity contribution in [2.24, 2.45) is 23.0 Å². The molecule has 0 bridgehead atoms. The van der Waals surface area contributed by atoms with Crippen LogP contribution in [0.4, 0.5) is 0 Å². The summed E-state index contributed by atoms with van der Waals surface area (Å²) in [6, 6.07) is 0. The maximum atomic E-state index is 12.2. The van der Waals surface area contributed by atoms with E-state index in [0.29, 0.717) is 18.2 Å². The number of ketones is 1. The Morgan fingerprint density at radius 3 is 2.44 bits per heavy atom. The number of Topliss-reactive ketones (excluding diaryl/α,β-unsaturated/α-hetero) is 1. The first-order valence-corrected chi connectivity index (χ1v) is 6.67. The standard InChI is InChI=1S/C14H27NO/c1-14(2,3)9-8-13(16)12-7-5-4-6-11(12)10-15/h11-12H,4-10,15H2,1-3H3. The normalized spacial score (nSPS) is 26.8. The second-order valence-corrected chi connectivity index (χ2v) is 6.41. The molecule has 0 amide bonds. The van der Waals surface area contributed by atoms with Gasteiger partial charge in [-0.05, 0) is 37.1 Å². The third-order valence-electron chi connectivity index (χ3n) is 3.75. The van der Waals surface area contributed by atoms with Gasteiger partial charge in [0.05, 0.1) is 0 Å². The van der Waals surface area contributed by atoms with E-state index in [9.17, 15) is 4.79 Å².